The first-order valence-electron chi connectivity index (χ1n) is 8.06. The summed E-state index contributed by atoms with van der Waals surface area (Å²) in [6.45, 7) is 0.679. The lowest BCUT2D eigenvalue weighted by atomic mass is 9.93. The summed E-state index contributed by atoms with van der Waals surface area (Å²) < 4.78 is 4.98. The first-order chi connectivity index (χ1) is 12.3. The molecule has 25 heavy (non-hydrogen) atoms. The smallest absolute Gasteiger partial charge is 0.316 e. The number of amides is 1. The Morgan fingerprint density at radius 3 is 2.68 bits per heavy atom. The van der Waals surface area contributed by atoms with Crippen LogP contribution in [-0.2, 0) is 6.42 Å². The molecule has 0 unspecified atom stereocenters. The van der Waals surface area contributed by atoms with Gasteiger partial charge in [0.05, 0.1) is 18.7 Å². The molecule has 3 aromatic rings. The highest BCUT2D eigenvalue weighted by atomic mass is 32.1. The van der Waals surface area contributed by atoms with Crippen molar-refractivity contribution in [1.82, 2.24) is 14.9 Å². The van der Waals surface area contributed by atoms with Gasteiger partial charge in [-0.15, -0.1) is 11.3 Å². The summed E-state index contributed by atoms with van der Waals surface area (Å²) in [7, 11) is 1.50. The maximum absolute atomic E-state index is 13.1. The second kappa shape index (κ2) is 6.64. The molecule has 0 saturated carbocycles. The predicted octanol–water partition coefficient (Wildman–Crippen LogP) is 3.33. The Kier molecular flexibility index (Phi) is 4.19. The van der Waals surface area contributed by atoms with Crippen molar-refractivity contribution in [2.24, 2.45) is 0 Å². The molecule has 2 aromatic heterocycles. The minimum atomic E-state index is -0.0780. The number of hydrogen-bond donors (Lipinski definition) is 0. The van der Waals surface area contributed by atoms with Gasteiger partial charge in [0.1, 0.15) is 0 Å². The van der Waals surface area contributed by atoms with Crippen LogP contribution in [-0.4, -0.2) is 34.4 Å². The number of ether oxygens (including phenoxy) is 1. The van der Waals surface area contributed by atoms with E-state index in [1.165, 1.54) is 29.9 Å². The first kappa shape index (κ1) is 15.8. The Balaban J connectivity index is 1.73. The molecule has 4 rings (SSSR count). The average Bonchev–Trinajstić information content (AvgIpc) is 3.16. The number of carbonyl (C=O) groups excluding carboxylic acids is 1. The highest BCUT2D eigenvalue weighted by molar-refractivity contribution is 7.10. The molecule has 0 fully saturated rings. The summed E-state index contributed by atoms with van der Waals surface area (Å²) in [4.78, 5) is 24.5. The van der Waals surface area contributed by atoms with Crippen LogP contribution in [0.25, 0.3) is 0 Å². The van der Waals surface area contributed by atoms with E-state index in [0.717, 1.165) is 12.0 Å². The van der Waals surface area contributed by atoms with Crippen molar-refractivity contribution in [2.75, 3.05) is 13.7 Å². The summed E-state index contributed by atoms with van der Waals surface area (Å²) in [6, 6.07) is 12.5. The maximum Gasteiger partial charge on any atom is 0.316 e. The molecule has 3 heterocycles. The second-order valence-electron chi connectivity index (χ2n) is 5.82. The topological polar surface area (TPSA) is 55.3 Å². The van der Waals surface area contributed by atoms with Gasteiger partial charge in [-0.3, -0.25) is 4.79 Å². The molecule has 1 aliphatic heterocycles. The highest BCUT2D eigenvalue weighted by Crippen LogP contribution is 2.38. The van der Waals surface area contributed by atoms with E-state index in [0.29, 0.717) is 12.1 Å². The lowest BCUT2D eigenvalue weighted by Gasteiger charge is -2.36. The zero-order valence-electron chi connectivity index (χ0n) is 13.8. The molecule has 1 amide bonds. The summed E-state index contributed by atoms with van der Waals surface area (Å²) in [6.07, 6.45) is 3.93. The fourth-order valence-corrected chi connectivity index (χ4v) is 4.13. The predicted molar refractivity (Wildman–Crippen MR) is 95.9 cm³/mol. The number of fused-ring (bicyclic) bond motifs is 1. The van der Waals surface area contributed by atoms with Crippen LogP contribution in [0.1, 0.15) is 32.4 Å². The lowest BCUT2D eigenvalue weighted by molar-refractivity contribution is 0.0695. The van der Waals surface area contributed by atoms with Gasteiger partial charge in [0.25, 0.3) is 5.91 Å². The van der Waals surface area contributed by atoms with E-state index in [2.05, 4.69) is 33.5 Å². The van der Waals surface area contributed by atoms with E-state index in [1.807, 2.05) is 23.1 Å². The van der Waals surface area contributed by atoms with Gasteiger partial charge < -0.3 is 9.64 Å². The van der Waals surface area contributed by atoms with E-state index in [1.54, 1.807) is 11.3 Å². The molecule has 0 bridgehead atoms. The van der Waals surface area contributed by atoms with Gasteiger partial charge in [-0.25, -0.2) is 9.97 Å². The average molecular weight is 351 g/mol. The van der Waals surface area contributed by atoms with Gasteiger partial charge in [-0.05, 0) is 29.0 Å². The van der Waals surface area contributed by atoms with Crippen LogP contribution in [0.5, 0.6) is 6.01 Å². The monoisotopic (exact) mass is 351 g/mol. The SMILES string of the molecule is COc1ncc(C(=O)N2CCc3sccc3[C@@H]2c2ccccc2)cn1. The van der Waals surface area contributed by atoms with Crippen LogP contribution in [0.2, 0.25) is 0 Å². The molecule has 1 aliphatic rings. The van der Waals surface area contributed by atoms with Crippen molar-refractivity contribution >= 4 is 17.2 Å². The summed E-state index contributed by atoms with van der Waals surface area (Å²) in [5.74, 6) is -0.0617. The van der Waals surface area contributed by atoms with Crippen LogP contribution in [0.15, 0.2) is 54.2 Å². The maximum atomic E-state index is 13.1. The van der Waals surface area contributed by atoms with Gasteiger partial charge in [-0.2, -0.15) is 0 Å². The van der Waals surface area contributed by atoms with Crippen LogP contribution in [0.3, 0.4) is 0 Å². The number of carbonyl (C=O) groups is 1. The third-order valence-electron chi connectivity index (χ3n) is 4.40. The van der Waals surface area contributed by atoms with Gasteiger partial charge in [-0.1, -0.05) is 30.3 Å². The van der Waals surface area contributed by atoms with E-state index in [4.69, 9.17) is 4.74 Å². The van der Waals surface area contributed by atoms with Gasteiger partial charge in [0.2, 0.25) is 0 Å². The van der Waals surface area contributed by atoms with Crippen molar-refractivity contribution in [2.45, 2.75) is 12.5 Å². The quantitative estimate of drug-likeness (QED) is 0.726. The van der Waals surface area contributed by atoms with E-state index in [9.17, 15) is 4.79 Å². The normalized spacial score (nSPS) is 16.4. The van der Waals surface area contributed by atoms with Crippen molar-refractivity contribution in [3.05, 3.63) is 75.7 Å². The van der Waals surface area contributed by atoms with E-state index < -0.39 is 0 Å². The van der Waals surface area contributed by atoms with Crippen molar-refractivity contribution in [3.63, 3.8) is 0 Å². The van der Waals surface area contributed by atoms with E-state index in [-0.39, 0.29) is 18.0 Å². The molecular weight excluding hydrogens is 334 g/mol. The number of benzene rings is 1. The van der Waals surface area contributed by atoms with E-state index >= 15 is 0 Å². The summed E-state index contributed by atoms with van der Waals surface area (Å²) in [5.41, 5.74) is 2.80. The standard InChI is InChI=1S/C19H17N3O2S/c1-24-19-20-11-14(12-21-19)18(23)22-9-7-16-15(8-10-25-16)17(22)13-5-3-2-4-6-13/h2-6,8,10-12,17H,7,9H2,1H3/t17-/m0/s1. The molecule has 5 nitrogen and oxygen atoms in total. The third-order valence-corrected chi connectivity index (χ3v) is 5.40. The number of methoxy groups -OCH3 is 1. The second-order valence-corrected chi connectivity index (χ2v) is 6.82. The molecule has 0 aliphatic carbocycles. The Morgan fingerprint density at radius 2 is 1.96 bits per heavy atom. The molecule has 0 radical (unpaired) electrons. The number of rotatable bonds is 3. The fourth-order valence-electron chi connectivity index (χ4n) is 3.23. The van der Waals surface area contributed by atoms with Gasteiger partial charge in [0, 0.05) is 23.8 Å². The first-order valence-corrected chi connectivity index (χ1v) is 8.94. The minimum Gasteiger partial charge on any atom is -0.467 e. The number of thiophene rings is 1. The summed E-state index contributed by atoms with van der Waals surface area (Å²) in [5, 5.41) is 2.10. The summed E-state index contributed by atoms with van der Waals surface area (Å²) >= 11 is 1.76. The zero-order valence-corrected chi connectivity index (χ0v) is 14.6. The molecular formula is C19H17N3O2S. The molecule has 126 valence electrons. The Bertz CT molecular complexity index is 877. The largest absolute Gasteiger partial charge is 0.467 e. The Morgan fingerprint density at radius 1 is 1.20 bits per heavy atom. The van der Waals surface area contributed by atoms with Crippen LogP contribution >= 0.6 is 11.3 Å². The van der Waals surface area contributed by atoms with Crippen LogP contribution < -0.4 is 4.74 Å². The van der Waals surface area contributed by atoms with Crippen molar-refractivity contribution in [1.29, 1.82) is 0 Å². The highest BCUT2D eigenvalue weighted by Gasteiger charge is 2.33. The molecule has 0 spiro atoms. The molecule has 0 N–H and O–H groups in total. The zero-order chi connectivity index (χ0) is 17.2. The van der Waals surface area contributed by atoms with Gasteiger partial charge >= 0.3 is 6.01 Å². The number of aromatic nitrogens is 2. The van der Waals surface area contributed by atoms with Crippen LogP contribution in [0.4, 0.5) is 0 Å². The molecule has 1 atom stereocenters. The number of nitrogens with zero attached hydrogens (tertiary/aromatic N) is 3. The van der Waals surface area contributed by atoms with Gasteiger partial charge in [0.15, 0.2) is 0 Å². The van der Waals surface area contributed by atoms with Crippen LogP contribution in [0, 0.1) is 0 Å². The van der Waals surface area contributed by atoms with Crippen molar-refractivity contribution in [3.8, 4) is 6.01 Å². The third kappa shape index (κ3) is 2.89. The van der Waals surface area contributed by atoms with Crippen molar-refractivity contribution < 1.29 is 9.53 Å². The Hall–Kier alpha value is -2.73. The minimum absolute atomic E-state index is 0.0617. The lowest BCUT2D eigenvalue weighted by Crippen LogP contribution is -2.40. The molecule has 6 heteroatoms. The fraction of sp³-hybridized carbons (Fsp3) is 0.211. The molecule has 0 saturated heterocycles. The number of hydrogen-bond acceptors (Lipinski definition) is 5. The Labute approximate surface area is 149 Å². The molecule has 1 aromatic carbocycles.